The molecule has 1 aliphatic carbocycles. The molecule has 0 heterocycles. The summed E-state index contributed by atoms with van der Waals surface area (Å²) in [5.41, 5.74) is -1.13. The standard InChI is InChI=1S/C10H19O4P/c1-8(10(11)12)15(13,14)7-9-5-3-2-4-6-9/h8-9H,2-7H2,1H3,(H,11,12)(H,13,14). The molecule has 88 valence electrons. The van der Waals surface area contributed by atoms with E-state index in [1.807, 2.05) is 0 Å². The van der Waals surface area contributed by atoms with E-state index >= 15 is 0 Å². The lowest BCUT2D eigenvalue weighted by atomic mass is 9.91. The predicted molar refractivity (Wildman–Crippen MR) is 58.4 cm³/mol. The second-order valence-electron chi connectivity index (χ2n) is 4.46. The van der Waals surface area contributed by atoms with Crippen LogP contribution >= 0.6 is 7.37 Å². The first-order valence-corrected chi connectivity index (χ1v) is 7.39. The zero-order chi connectivity index (χ0) is 11.5. The first kappa shape index (κ1) is 12.7. The van der Waals surface area contributed by atoms with Crippen LogP contribution in [0, 0.1) is 5.92 Å². The van der Waals surface area contributed by atoms with E-state index in [1.54, 1.807) is 0 Å². The molecule has 4 nitrogen and oxygen atoms in total. The van der Waals surface area contributed by atoms with E-state index in [4.69, 9.17) is 5.11 Å². The number of aliphatic carboxylic acids is 1. The SMILES string of the molecule is CC(C(=O)O)P(=O)(O)CC1CCCCC1. The Hall–Kier alpha value is -0.340. The highest BCUT2D eigenvalue weighted by Crippen LogP contribution is 2.49. The summed E-state index contributed by atoms with van der Waals surface area (Å²) in [4.78, 5) is 20.3. The Balaban J connectivity index is 2.54. The summed E-state index contributed by atoms with van der Waals surface area (Å²) in [6, 6.07) is 0. The Kier molecular flexibility index (Phi) is 4.35. The van der Waals surface area contributed by atoms with Crippen molar-refractivity contribution in [2.75, 3.05) is 6.16 Å². The molecule has 0 saturated heterocycles. The quantitative estimate of drug-likeness (QED) is 0.732. The molecular weight excluding hydrogens is 215 g/mol. The number of hydrogen-bond acceptors (Lipinski definition) is 2. The van der Waals surface area contributed by atoms with Gasteiger partial charge in [0.2, 0.25) is 7.37 Å². The number of carboxylic acid groups (broad SMARTS) is 1. The number of hydrogen-bond donors (Lipinski definition) is 2. The fourth-order valence-electron chi connectivity index (χ4n) is 2.07. The fraction of sp³-hybridized carbons (Fsp3) is 0.900. The molecule has 2 unspecified atom stereocenters. The highest BCUT2D eigenvalue weighted by Gasteiger charge is 2.35. The van der Waals surface area contributed by atoms with Gasteiger partial charge in [-0.25, -0.2) is 0 Å². The van der Waals surface area contributed by atoms with Gasteiger partial charge in [-0.3, -0.25) is 9.36 Å². The van der Waals surface area contributed by atoms with Gasteiger partial charge in [0, 0.05) is 6.16 Å². The average molecular weight is 234 g/mol. The first-order chi connectivity index (χ1) is 6.93. The van der Waals surface area contributed by atoms with E-state index < -0.39 is 19.0 Å². The summed E-state index contributed by atoms with van der Waals surface area (Å²) >= 11 is 0. The van der Waals surface area contributed by atoms with Gasteiger partial charge >= 0.3 is 5.97 Å². The van der Waals surface area contributed by atoms with Crippen LogP contribution in [0.25, 0.3) is 0 Å². The minimum absolute atomic E-state index is 0.181. The van der Waals surface area contributed by atoms with Crippen LogP contribution in [0.5, 0.6) is 0 Å². The minimum Gasteiger partial charge on any atom is -0.481 e. The van der Waals surface area contributed by atoms with Gasteiger partial charge in [0.25, 0.3) is 0 Å². The molecule has 0 amide bonds. The molecule has 0 aromatic carbocycles. The van der Waals surface area contributed by atoms with Crippen molar-refractivity contribution in [1.82, 2.24) is 0 Å². The van der Waals surface area contributed by atoms with Gasteiger partial charge in [-0.1, -0.05) is 19.3 Å². The molecule has 1 fully saturated rings. The maximum absolute atomic E-state index is 11.8. The third kappa shape index (κ3) is 3.62. The molecule has 1 rings (SSSR count). The van der Waals surface area contributed by atoms with Crippen LogP contribution in [0.1, 0.15) is 39.0 Å². The summed E-state index contributed by atoms with van der Waals surface area (Å²) in [6.07, 6.45) is 5.52. The van der Waals surface area contributed by atoms with Crippen LogP contribution in [-0.2, 0) is 9.36 Å². The molecule has 5 heteroatoms. The van der Waals surface area contributed by atoms with Crippen LogP contribution in [-0.4, -0.2) is 27.8 Å². The average Bonchev–Trinajstić information content (AvgIpc) is 2.17. The van der Waals surface area contributed by atoms with Gasteiger partial charge in [0.1, 0.15) is 5.66 Å². The van der Waals surface area contributed by atoms with E-state index in [0.29, 0.717) is 0 Å². The van der Waals surface area contributed by atoms with Crippen molar-refractivity contribution < 1.29 is 19.4 Å². The van der Waals surface area contributed by atoms with Crippen molar-refractivity contribution in [3.63, 3.8) is 0 Å². The van der Waals surface area contributed by atoms with E-state index in [9.17, 15) is 14.3 Å². The zero-order valence-electron chi connectivity index (χ0n) is 9.06. The van der Waals surface area contributed by atoms with E-state index in [0.717, 1.165) is 25.7 Å². The molecule has 2 N–H and O–H groups in total. The zero-order valence-corrected chi connectivity index (χ0v) is 9.95. The molecule has 2 atom stereocenters. The van der Waals surface area contributed by atoms with E-state index in [-0.39, 0.29) is 12.1 Å². The maximum Gasteiger partial charge on any atom is 0.316 e. The number of carbonyl (C=O) groups is 1. The van der Waals surface area contributed by atoms with Crippen LogP contribution in [0.4, 0.5) is 0 Å². The van der Waals surface area contributed by atoms with Crippen molar-refractivity contribution in [3.05, 3.63) is 0 Å². The van der Waals surface area contributed by atoms with Gasteiger partial charge in [-0.05, 0) is 25.7 Å². The van der Waals surface area contributed by atoms with Crippen LogP contribution in [0.3, 0.4) is 0 Å². The molecule has 1 aliphatic rings. The van der Waals surface area contributed by atoms with E-state index in [1.165, 1.54) is 13.3 Å². The largest absolute Gasteiger partial charge is 0.481 e. The van der Waals surface area contributed by atoms with Crippen molar-refractivity contribution in [2.45, 2.75) is 44.7 Å². The first-order valence-electron chi connectivity index (χ1n) is 5.48. The highest BCUT2D eigenvalue weighted by molar-refractivity contribution is 7.59. The van der Waals surface area contributed by atoms with Crippen LogP contribution < -0.4 is 0 Å². The summed E-state index contributed by atoms with van der Waals surface area (Å²) in [5.74, 6) is -0.923. The van der Waals surface area contributed by atoms with Crippen molar-refractivity contribution in [1.29, 1.82) is 0 Å². The summed E-state index contributed by atoms with van der Waals surface area (Å²) < 4.78 is 11.8. The molecule has 0 radical (unpaired) electrons. The smallest absolute Gasteiger partial charge is 0.316 e. The molecule has 0 aliphatic heterocycles. The van der Waals surface area contributed by atoms with E-state index in [2.05, 4.69) is 0 Å². The Labute approximate surface area is 90.1 Å². The third-order valence-electron chi connectivity index (χ3n) is 3.21. The second-order valence-corrected chi connectivity index (χ2v) is 7.11. The molecule has 0 spiro atoms. The molecule has 1 saturated carbocycles. The molecular formula is C10H19O4P. The van der Waals surface area contributed by atoms with Gasteiger partial charge < -0.3 is 10.00 Å². The Morgan fingerprint density at radius 2 is 1.93 bits per heavy atom. The highest BCUT2D eigenvalue weighted by atomic mass is 31.2. The molecule has 15 heavy (non-hydrogen) atoms. The molecule has 0 aromatic rings. The van der Waals surface area contributed by atoms with Crippen LogP contribution in [0.15, 0.2) is 0 Å². The predicted octanol–water partition coefficient (Wildman–Crippen LogP) is 2.31. The number of carboxylic acids is 1. The van der Waals surface area contributed by atoms with Gasteiger partial charge in [0.15, 0.2) is 0 Å². The third-order valence-corrected chi connectivity index (χ3v) is 5.68. The lowest BCUT2D eigenvalue weighted by Crippen LogP contribution is -2.21. The monoisotopic (exact) mass is 234 g/mol. The minimum atomic E-state index is -3.51. The Morgan fingerprint density at radius 1 is 1.40 bits per heavy atom. The van der Waals surface area contributed by atoms with Crippen molar-refractivity contribution >= 4 is 13.3 Å². The van der Waals surface area contributed by atoms with Crippen molar-refractivity contribution in [3.8, 4) is 0 Å². The van der Waals surface area contributed by atoms with Crippen LogP contribution in [0.2, 0.25) is 0 Å². The Morgan fingerprint density at radius 3 is 2.40 bits per heavy atom. The van der Waals surface area contributed by atoms with Gasteiger partial charge in [-0.2, -0.15) is 0 Å². The fourth-order valence-corrected chi connectivity index (χ4v) is 3.84. The lowest BCUT2D eigenvalue weighted by Gasteiger charge is -2.25. The van der Waals surface area contributed by atoms with Gasteiger partial charge in [0.05, 0.1) is 0 Å². The molecule has 0 bridgehead atoms. The maximum atomic E-state index is 11.8. The molecule has 0 aromatic heterocycles. The summed E-state index contributed by atoms with van der Waals surface area (Å²) in [5, 5.41) is 8.71. The lowest BCUT2D eigenvalue weighted by molar-refractivity contribution is -0.136. The Bertz CT molecular complexity index is 271. The van der Waals surface area contributed by atoms with Gasteiger partial charge in [-0.15, -0.1) is 0 Å². The topological polar surface area (TPSA) is 74.6 Å². The van der Waals surface area contributed by atoms with Crippen molar-refractivity contribution in [2.24, 2.45) is 5.92 Å². The normalized spacial score (nSPS) is 24.4. The number of rotatable bonds is 4. The summed E-state index contributed by atoms with van der Waals surface area (Å²) in [7, 11) is -3.51. The summed E-state index contributed by atoms with van der Waals surface area (Å²) in [6.45, 7) is 1.33. The second kappa shape index (κ2) is 5.13.